The van der Waals surface area contributed by atoms with Gasteiger partial charge in [-0.05, 0) is 18.9 Å². The molecule has 1 saturated heterocycles. The zero-order valence-corrected chi connectivity index (χ0v) is 12.1. The topological polar surface area (TPSA) is 67.6 Å². The lowest BCUT2D eigenvalue weighted by atomic mass is 10.3. The molecule has 1 fully saturated rings. The Balaban J connectivity index is 2.08. The van der Waals surface area contributed by atoms with Gasteiger partial charge in [0.15, 0.2) is 0 Å². The Morgan fingerprint density at radius 1 is 1.53 bits per heavy atom. The highest BCUT2D eigenvalue weighted by molar-refractivity contribution is 7.18. The SMILES string of the molecule is CCCNC(=O)c1sc(N2CCCOCC2)cc1N. The van der Waals surface area contributed by atoms with Crippen molar-refractivity contribution >= 4 is 27.9 Å². The van der Waals surface area contributed by atoms with Crippen LogP contribution in [0.1, 0.15) is 29.4 Å². The van der Waals surface area contributed by atoms with Crippen LogP contribution in [-0.4, -0.2) is 38.8 Å². The average molecular weight is 283 g/mol. The summed E-state index contributed by atoms with van der Waals surface area (Å²) in [6, 6.07) is 1.90. The predicted octanol–water partition coefficient (Wildman–Crippen LogP) is 1.70. The van der Waals surface area contributed by atoms with Crippen molar-refractivity contribution in [1.82, 2.24) is 5.32 Å². The van der Waals surface area contributed by atoms with E-state index in [1.165, 1.54) is 11.3 Å². The Labute approximate surface area is 117 Å². The quantitative estimate of drug-likeness (QED) is 0.882. The summed E-state index contributed by atoms with van der Waals surface area (Å²) in [4.78, 5) is 14.8. The zero-order valence-electron chi connectivity index (χ0n) is 11.3. The number of nitrogens with zero attached hydrogens (tertiary/aromatic N) is 1. The Bertz CT molecular complexity index is 426. The minimum atomic E-state index is -0.0679. The number of carbonyl (C=O) groups is 1. The van der Waals surface area contributed by atoms with Crippen molar-refractivity contribution in [2.75, 3.05) is 43.5 Å². The van der Waals surface area contributed by atoms with E-state index in [2.05, 4.69) is 10.2 Å². The summed E-state index contributed by atoms with van der Waals surface area (Å²) in [6.07, 6.45) is 1.93. The molecule has 1 aliphatic rings. The number of ether oxygens (including phenoxy) is 1. The van der Waals surface area contributed by atoms with Gasteiger partial charge >= 0.3 is 0 Å². The van der Waals surface area contributed by atoms with Crippen LogP contribution in [0.2, 0.25) is 0 Å². The molecular weight excluding hydrogens is 262 g/mol. The number of hydrogen-bond acceptors (Lipinski definition) is 5. The van der Waals surface area contributed by atoms with Crippen molar-refractivity contribution in [2.24, 2.45) is 0 Å². The largest absolute Gasteiger partial charge is 0.397 e. The predicted molar refractivity (Wildman–Crippen MR) is 79.0 cm³/mol. The number of anilines is 2. The molecular formula is C13H21N3O2S. The lowest BCUT2D eigenvalue weighted by Gasteiger charge is -2.19. The van der Waals surface area contributed by atoms with E-state index < -0.39 is 0 Å². The third-order valence-electron chi connectivity index (χ3n) is 3.02. The monoisotopic (exact) mass is 283 g/mol. The number of amides is 1. The van der Waals surface area contributed by atoms with E-state index >= 15 is 0 Å². The van der Waals surface area contributed by atoms with Crippen molar-refractivity contribution in [3.63, 3.8) is 0 Å². The molecule has 0 unspecified atom stereocenters. The van der Waals surface area contributed by atoms with Crippen LogP contribution < -0.4 is 16.0 Å². The smallest absolute Gasteiger partial charge is 0.263 e. The van der Waals surface area contributed by atoms with Gasteiger partial charge < -0.3 is 20.7 Å². The molecule has 1 aliphatic heterocycles. The molecule has 0 bridgehead atoms. The normalized spacial score (nSPS) is 16.2. The lowest BCUT2D eigenvalue weighted by Crippen LogP contribution is -2.25. The average Bonchev–Trinajstić information content (AvgIpc) is 2.65. The number of hydrogen-bond donors (Lipinski definition) is 2. The lowest BCUT2D eigenvalue weighted by molar-refractivity contribution is 0.0958. The van der Waals surface area contributed by atoms with Crippen LogP contribution in [0.25, 0.3) is 0 Å². The molecule has 0 saturated carbocycles. The zero-order chi connectivity index (χ0) is 13.7. The second-order valence-corrected chi connectivity index (χ2v) is 5.61. The molecule has 2 heterocycles. The van der Waals surface area contributed by atoms with Crippen molar-refractivity contribution in [1.29, 1.82) is 0 Å². The van der Waals surface area contributed by atoms with E-state index in [1.807, 2.05) is 13.0 Å². The molecule has 0 aromatic carbocycles. The number of nitrogen functional groups attached to an aromatic ring is 1. The van der Waals surface area contributed by atoms with Crippen molar-refractivity contribution in [3.8, 4) is 0 Å². The Hall–Kier alpha value is -1.27. The maximum atomic E-state index is 12.0. The highest BCUT2D eigenvalue weighted by atomic mass is 32.1. The van der Waals surface area contributed by atoms with Crippen LogP contribution in [0.15, 0.2) is 6.07 Å². The van der Waals surface area contributed by atoms with E-state index in [1.54, 1.807) is 0 Å². The summed E-state index contributed by atoms with van der Waals surface area (Å²) in [5, 5.41) is 3.93. The fourth-order valence-electron chi connectivity index (χ4n) is 2.01. The molecule has 2 rings (SSSR count). The van der Waals surface area contributed by atoms with Crippen molar-refractivity contribution in [2.45, 2.75) is 19.8 Å². The van der Waals surface area contributed by atoms with E-state index in [0.717, 1.165) is 44.1 Å². The first-order chi connectivity index (χ1) is 9.22. The highest BCUT2D eigenvalue weighted by Crippen LogP contribution is 2.32. The molecule has 5 nitrogen and oxygen atoms in total. The molecule has 1 aromatic rings. The summed E-state index contributed by atoms with van der Waals surface area (Å²) >= 11 is 1.47. The van der Waals surface area contributed by atoms with Crippen LogP contribution in [0, 0.1) is 0 Å². The molecule has 0 radical (unpaired) electrons. The van der Waals surface area contributed by atoms with Gasteiger partial charge in [-0.2, -0.15) is 0 Å². The number of nitrogens with one attached hydrogen (secondary N) is 1. The number of carbonyl (C=O) groups excluding carboxylic acids is 1. The van der Waals surface area contributed by atoms with E-state index in [9.17, 15) is 4.79 Å². The van der Waals surface area contributed by atoms with Gasteiger partial charge in [-0.25, -0.2) is 0 Å². The Morgan fingerprint density at radius 3 is 3.16 bits per heavy atom. The van der Waals surface area contributed by atoms with Crippen molar-refractivity contribution in [3.05, 3.63) is 10.9 Å². The van der Waals surface area contributed by atoms with Gasteiger partial charge in [-0.1, -0.05) is 6.92 Å². The Morgan fingerprint density at radius 2 is 2.37 bits per heavy atom. The highest BCUT2D eigenvalue weighted by Gasteiger charge is 2.18. The van der Waals surface area contributed by atoms with Crippen LogP contribution in [0.5, 0.6) is 0 Å². The van der Waals surface area contributed by atoms with Gasteiger partial charge in [0.25, 0.3) is 5.91 Å². The van der Waals surface area contributed by atoms with Crippen LogP contribution in [0.4, 0.5) is 10.7 Å². The number of rotatable bonds is 4. The van der Waals surface area contributed by atoms with E-state index in [0.29, 0.717) is 17.1 Å². The molecule has 6 heteroatoms. The van der Waals surface area contributed by atoms with E-state index in [4.69, 9.17) is 10.5 Å². The fourth-order valence-corrected chi connectivity index (χ4v) is 3.06. The third kappa shape index (κ3) is 3.61. The van der Waals surface area contributed by atoms with Crippen molar-refractivity contribution < 1.29 is 9.53 Å². The standard InChI is InChI=1S/C13H21N3O2S/c1-2-4-15-13(17)12-10(14)9-11(19-12)16-5-3-7-18-8-6-16/h9H,2-8,14H2,1H3,(H,15,17). The third-order valence-corrected chi connectivity index (χ3v) is 4.23. The Kier molecular flexibility index (Phi) is 5.04. The fraction of sp³-hybridized carbons (Fsp3) is 0.615. The maximum Gasteiger partial charge on any atom is 0.263 e. The molecule has 0 spiro atoms. The summed E-state index contributed by atoms with van der Waals surface area (Å²) in [6.45, 7) is 6.06. The first kappa shape index (κ1) is 14.1. The van der Waals surface area contributed by atoms with Crippen LogP contribution in [0.3, 0.4) is 0 Å². The summed E-state index contributed by atoms with van der Waals surface area (Å²) in [5.74, 6) is -0.0679. The molecule has 3 N–H and O–H groups in total. The van der Waals surface area contributed by atoms with Gasteiger partial charge in [0.05, 0.1) is 17.3 Å². The van der Waals surface area contributed by atoms with Gasteiger partial charge in [-0.15, -0.1) is 11.3 Å². The first-order valence-corrected chi connectivity index (χ1v) is 7.54. The maximum absolute atomic E-state index is 12.0. The van der Waals surface area contributed by atoms with E-state index in [-0.39, 0.29) is 5.91 Å². The number of nitrogens with two attached hydrogens (primary N) is 1. The molecule has 0 atom stereocenters. The van der Waals surface area contributed by atoms with Gasteiger partial charge in [0, 0.05) is 26.2 Å². The van der Waals surface area contributed by atoms with Crippen LogP contribution in [-0.2, 0) is 4.74 Å². The second-order valence-electron chi connectivity index (χ2n) is 4.58. The molecule has 19 heavy (non-hydrogen) atoms. The molecule has 106 valence electrons. The molecule has 1 amide bonds. The van der Waals surface area contributed by atoms with Gasteiger partial charge in [0.1, 0.15) is 4.88 Å². The van der Waals surface area contributed by atoms with Gasteiger partial charge in [-0.3, -0.25) is 4.79 Å². The molecule has 1 aromatic heterocycles. The first-order valence-electron chi connectivity index (χ1n) is 6.72. The number of thiophene rings is 1. The summed E-state index contributed by atoms with van der Waals surface area (Å²) < 4.78 is 5.44. The molecule has 0 aliphatic carbocycles. The van der Waals surface area contributed by atoms with Gasteiger partial charge in [0.2, 0.25) is 0 Å². The minimum Gasteiger partial charge on any atom is -0.397 e. The van der Waals surface area contributed by atoms with Crippen LogP contribution >= 0.6 is 11.3 Å². The minimum absolute atomic E-state index is 0.0679. The summed E-state index contributed by atoms with van der Waals surface area (Å²) in [7, 11) is 0. The second kappa shape index (κ2) is 6.77. The summed E-state index contributed by atoms with van der Waals surface area (Å²) in [5.41, 5.74) is 6.52.